The van der Waals surface area contributed by atoms with Crippen LogP contribution in [0.4, 0.5) is 5.69 Å². The molecule has 0 fully saturated rings. The molecule has 0 saturated heterocycles. The Morgan fingerprint density at radius 3 is 2.45 bits per heavy atom. The fraction of sp³-hybridized carbons (Fsp3) is 0.0667. The van der Waals surface area contributed by atoms with Crippen LogP contribution in [0.15, 0.2) is 42.5 Å². The third-order valence-corrected chi connectivity index (χ3v) is 2.86. The van der Waals surface area contributed by atoms with Crippen molar-refractivity contribution in [2.24, 2.45) is 0 Å². The monoisotopic (exact) mass is 271 g/mol. The molecule has 0 radical (unpaired) electrons. The van der Waals surface area contributed by atoms with Crippen LogP contribution in [0.25, 0.3) is 0 Å². The van der Waals surface area contributed by atoms with Crippen LogP contribution in [0.5, 0.6) is 5.75 Å². The third kappa shape index (κ3) is 2.77. The molecule has 0 aromatic heterocycles. The van der Waals surface area contributed by atoms with E-state index < -0.39 is 11.9 Å². The Hall–Kier alpha value is -2.82. The molecule has 1 amide bonds. The van der Waals surface area contributed by atoms with E-state index in [0.717, 1.165) is 0 Å². The summed E-state index contributed by atoms with van der Waals surface area (Å²) < 4.78 is 0. The summed E-state index contributed by atoms with van der Waals surface area (Å²) in [5.41, 5.74) is 1.18. The van der Waals surface area contributed by atoms with Crippen molar-refractivity contribution in [2.75, 3.05) is 5.32 Å². The van der Waals surface area contributed by atoms with Crippen molar-refractivity contribution in [3.05, 3.63) is 59.2 Å². The first-order valence-electron chi connectivity index (χ1n) is 5.92. The maximum atomic E-state index is 12.1. The van der Waals surface area contributed by atoms with Crippen molar-refractivity contribution in [1.29, 1.82) is 0 Å². The van der Waals surface area contributed by atoms with Crippen molar-refractivity contribution in [3.8, 4) is 5.75 Å². The van der Waals surface area contributed by atoms with Gasteiger partial charge < -0.3 is 15.5 Å². The van der Waals surface area contributed by atoms with Gasteiger partial charge in [-0.1, -0.05) is 12.1 Å². The van der Waals surface area contributed by atoms with Gasteiger partial charge in [0.15, 0.2) is 0 Å². The minimum Gasteiger partial charge on any atom is -0.508 e. The number of aromatic carboxylic acids is 1. The van der Waals surface area contributed by atoms with Gasteiger partial charge in [0.05, 0.1) is 11.3 Å². The molecule has 0 saturated carbocycles. The predicted octanol–water partition coefficient (Wildman–Crippen LogP) is 2.65. The van der Waals surface area contributed by atoms with Crippen LogP contribution >= 0.6 is 0 Å². The minimum atomic E-state index is -1.11. The van der Waals surface area contributed by atoms with E-state index in [-0.39, 0.29) is 17.0 Å². The minimum absolute atomic E-state index is 0.0244. The normalized spacial score (nSPS) is 10.1. The van der Waals surface area contributed by atoms with Gasteiger partial charge in [-0.2, -0.15) is 0 Å². The summed E-state index contributed by atoms with van der Waals surface area (Å²) in [6, 6.07) is 10.6. The average Bonchev–Trinajstić information content (AvgIpc) is 2.42. The molecule has 0 bridgehead atoms. The first kappa shape index (κ1) is 13.6. The number of amides is 1. The lowest BCUT2D eigenvalue weighted by Crippen LogP contribution is -2.14. The van der Waals surface area contributed by atoms with Gasteiger partial charge in [0.1, 0.15) is 5.75 Å². The SMILES string of the molecule is Cc1cc(C(=O)Nc2ccccc2C(=O)O)ccc1O. The fourth-order valence-corrected chi connectivity index (χ4v) is 1.77. The zero-order chi connectivity index (χ0) is 14.7. The van der Waals surface area contributed by atoms with Gasteiger partial charge in [0.25, 0.3) is 5.91 Å². The van der Waals surface area contributed by atoms with E-state index in [0.29, 0.717) is 11.1 Å². The Morgan fingerprint density at radius 2 is 1.80 bits per heavy atom. The van der Waals surface area contributed by atoms with Gasteiger partial charge in [-0.15, -0.1) is 0 Å². The zero-order valence-electron chi connectivity index (χ0n) is 10.8. The van der Waals surface area contributed by atoms with Crippen LogP contribution in [0, 0.1) is 6.92 Å². The molecule has 2 rings (SSSR count). The highest BCUT2D eigenvalue weighted by Crippen LogP contribution is 2.19. The number of aryl methyl sites for hydroxylation is 1. The first-order valence-corrected chi connectivity index (χ1v) is 5.92. The van der Waals surface area contributed by atoms with E-state index in [1.165, 1.54) is 30.3 Å². The molecule has 5 nitrogen and oxygen atoms in total. The third-order valence-electron chi connectivity index (χ3n) is 2.86. The number of carbonyl (C=O) groups excluding carboxylic acids is 1. The van der Waals surface area contributed by atoms with Crippen molar-refractivity contribution in [3.63, 3.8) is 0 Å². The number of carboxylic acids is 1. The average molecular weight is 271 g/mol. The maximum Gasteiger partial charge on any atom is 0.337 e. The zero-order valence-corrected chi connectivity index (χ0v) is 10.8. The molecule has 2 aromatic rings. The first-order chi connectivity index (χ1) is 9.49. The number of benzene rings is 2. The highest BCUT2D eigenvalue weighted by atomic mass is 16.4. The van der Waals surface area contributed by atoms with Gasteiger partial charge in [0, 0.05) is 5.56 Å². The number of rotatable bonds is 3. The van der Waals surface area contributed by atoms with Crippen LogP contribution in [0.2, 0.25) is 0 Å². The molecule has 102 valence electrons. The van der Waals surface area contributed by atoms with Crippen molar-refractivity contribution in [2.45, 2.75) is 6.92 Å². The Morgan fingerprint density at radius 1 is 1.10 bits per heavy atom. The molecule has 2 aromatic carbocycles. The number of hydrogen-bond donors (Lipinski definition) is 3. The molecule has 3 N–H and O–H groups in total. The number of hydrogen-bond acceptors (Lipinski definition) is 3. The van der Waals surface area contributed by atoms with Crippen LogP contribution in [0.1, 0.15) is 26.3 Å². The van der Waals surface area contributed by atoms with Gasteiger partial charge >= 0.3 is 5.97 Å². The van der Waals surface area contributed by atoms with Crippen molar-refractivity contribution >= 4 is 17.6 Å². The second-order valence-corrected chi connectivity index (χ2v) is 4.31. The molecule has 20 heavy (non-hydrogen) atoms. The second kappa shape index (κ2) is 5.44. The molecule has 0 aliphatic carbocycles. The molecule has 0 unspecified atom stereocenters. The Labute approximate surface area is 115 Å². The predicted molar refractivity (Wildman–Crippen MR) is 74.2 cm³/mol. The Kier molecular flexibility index (Phi) is 3.70. The highest BCUT2D eigenvalue weighted by molar-refractivity contribution is 6.07. The Bertz CT molecular complexity index is 679. The van der Waals surface area contributed by atoms with Crippen molar-refractivity contribution < 1.29 is 19.8 Å². The van der Waals surface area contributed by atoms with Crippen LogP contribution in [-0.2, 0) is 0 Å². The van der Waals surface area contributed by atoms with E-state index in [9.17, 15) is 14.7 Å². The van der Waals surface area contributed by atoms with Crippen LogP contribution in [0.3, 0.4) is 0 Å². The quantitative estimate of drug-likeness (QED) is 0.801. The second-order valence-electron chi connectivity index (χ2n) is 4.31. The molecule has 5 heteroatoms. The molecular weight excluding hydrogens is 258 g/mol. The molecule has 0 atom stereocenters. The standard InChI is InChI=1S/C15H13NO4/c1-9-8-10(6-7-13(9)17)14(18)16-12-5-3-2-4-11(12)15(19)20/h2-8,17H,1H3,(H,16,18)(H,19,20). The fourth-order valence-electron chi connectivity index (χ4n) is 1.77. The molecule has 0 aliphatic rings. The molecule has 0 spiro atoms. The topological polar surface area (TPSA) is 86.6 Å². The number of aromatic hydroxyl groups is 1. The smallest absolute Gasteiger partial charge is 0.337 e. The number of anilines is 1. The lowest BCUT2D eigenvalue weighted by atomic mass is 10.1. The summed E-state index contributed by atoms with van der Waals surface area (Å²) in [4.78, 5) is 23.1. The summed E-state index contributed by atoms with van der Waals surface area (Å²) in [6.45, 7) is 1.68. The summed E-state index contributed by atoms with van der Waals surface area (Å²) >= 11 is 0. The Balaban J connectivity index is 2.28. The lowest BCUT2D eigenvalue weighted by Gasteiger charge is -2.09. The molecule has 0 aliphatic heterocycles. The van der Waals surface area contributed by atoms with E-state index in [4.69, 9.17) is 5.11 Å². The summed E-state index contributed by atoms with van der Waals surface area (Å²) in [6.07, 6.45) is 0. The molecule has 0 heterocycles. The summed E-state index contributed by atoms with van der Waals surface area (Å²) in [5, 5.41) is 21.0. The number of para-hydroxylation sites is 1. The summed E-state index contributed by atoms with van der Waals surface area (Å²) in [5.74, 6) is -1.43. The number of carbonyl (C=O) groups is 2. The van der Waals surface area contributed by atoms with Gasteiger partial charge in [-0.3, -0.25) is 4.79 Å². The van der Waals surface area contributed by atoms with E-state index in [1.54, 1.807) is 19.1 Å². The maximum absolute atomic E-state index is 12.1. The van der Waals surface area contributed by atoms with Gasteiger partial charge in [-0.05, 0) is 42.8 Å². The van der Waals surface area contributed by atoms with Gasteiger partial charge in [-0.25, -0.2) is 4.79 Å². The van der Waals surface area contributed by atoms with Crippen molar-refractivity contribution in [1.82, 2.24) is 0 Å². The number of carboxylic acid groups (broad SMARTS) is 1. The number of phenolic OH excluding ortho intramolecular Hbond substituents is 1. The van der Waals surface area contributed by atoms with E-state index in [2.05, 4.69) is 5.32 Å². The summed E-state index contributed by atoms with van der Waals surface area (Å²) in [7, 11) is 0. The van der Waals surface area contributed by atoms with Crippen LogP contribution in [-0.4, -0.2) is 22.1 Å². The van der Waals surface area contributed by atoms with E-state index >= 15 is 0 Å². The van der Waals surface area contributed by atoms with E-state index in [1.807, 2.05) is 0 Å². The van der Waals surface area contributed by atoms with Crippen LogP contribution < -0.4 is 5.32 Å². The number of nitrogens with one attached hydrogen (secondary N) is 1. The lowest BCUT2D eigenvalue weighted by molar-refractivity contribution is 0.0698. The largest absolute Gasteiger partial charge is 0.508 e. The highest BCUT2D eigenvalue weighted by Gasteiger charge is 2.13. The van der Waals surface area contributed by atoms with Gasteiger partial charge in [0.2, 0.25) is 0 Å². The molecular formula is C15H13NO4. The number of phenols is 1.